The van der Waals surface area contributed by atoms with E-state index in [0.29, 0.717) is 0 Å². The molecule has 10 heteroatoms. The number of nitrogens with one attached hydrogen (secondary N) is 1. The lowest BCUT2D eigenvalue weighted by molar-refractivity contribution is -0.0759. The smallest absolute Gasteiger partial charge is 0.349 e. The van der Waals surface area contributed by atoms with E-state index in [1.807, 2.05) is 6.92 Å². The fourth-order valence-corrected chi connectivity index (χ4v) is 5.40. The molecule has 1 aliphatic carbocycles. The highest BCUT2D eigenvalue weighted by Crippen LogP contribution is 2.59. The molecule has 1 N–H and O–H groups in total. The van der Waals surface area contributed by atoms with Crippen molar-refractivity contribution in [1.29, 1.82) is 0 Å². The number of rotatable bonds is 3. The van der Waals surface area contributed by atoms with Gasteiger partial charge in [-0.2, -0.15) is 0 Å². The highest BCUT2D eigenvalue weighted by molar-refractivity contribution is 7.48. The molecule has 0 bridgehead atoms. The Bertz CT molecular complexity index is 800. The standard InChI is InChI=1S/C15H21N2O7P/c1-9-13-11(22-14(9)17-7-6-12(18)16-15(17)19)8-21-25(20,24-13)23-10-4-2-3-5-10/h6-7,9-11,13-14H,2-5,8H2,1H3,(H,16,18,19). The number of hydrogen-bond donors (Lipinski definition) is 1. The zero-order valence-corrected chi connectivity index (χ0v) is 14.7. The largest absolute Gasteiger partial charge is 0.475 e. The van der Waals surface area contributed by atoms with Crippen molar-refractivity contribution >= 4 is 7.82 Å². The molecule has 3 heterocycles. The fraction of sp³-hybridized carbons (Fsp3) is 0.733. The number of aromatic amines is 1. The van der Waals surface area contributed by atoms with Gasteiger partial charge < -0.3 is 4.74 Å². The van der Waals surface area contributed by atoms with E-state index >= 15 is 0 Å². The van der Waals surface area contributed by atoms with Crippen LogP contribution in [0.15, 0.2) is 21.9 Å². The van der Waals surface area contributed by atoms with Crippen molar-refractivity contribution in [3.05, 3.63) is 33.1 Å². The van der Waals surface area contributed by atoms with Crippen LogP contribution in [0, 0.1) is 5.92 Å². The highest BCUT2D eigenvalue weighted by atomic mass is 31.2. The van der Waals surface area contributed by atoms with Crippen LogP contribution in [0.25, 0.3) is 0 Å². The van der Waals surface area contributed by atoms with Gasteiger partial charge in [0.15, 0.2) is 0 Å². The summed E-state index contributed by atoms with van der Waals surface area (Å²) in [6.45, 7) is 1.92. The second-order valence-electron chi connectivity index (χ2n) is 6.77. The van der Waals surface area contributed by atoms with Gasteiger partial charge in [0.1, 0.15) is 18.4 Å². The fourth-order valence-electron chi connectivity index (χ4n) is 3.70. The van der Waals surface area contributed by atoms with Crippen LogP contribution in [0.2, 0.25) is 0 Å². The van der Waals surface area contributed by atoms with E-state index in [0.717, 1.165) is 25.7 Å². The molecular weight excluding hydrogens is 351 g/mol. The Hall–Kier alpha value is -1.25. The van der Waals surface area contributed by atoms with Gasteiger partial charge in [-0.25, -0.2) is 9.36 Å². The molecule has 5 unspecified atom stereocenters. The van der Waals surface area contributed by atoms with Gasteiger partial charge >= 0.3 is 13.5 Å². The van der Waals surface area contributed by atoms with Crippen LogP contribution in [0.1, 0.15) is 38.8 Å². The topological polar surface area (TPSA) is 109 Å². The van der Waals surface area contributed by atoms with Gasteiger partial charge in [0.25, 0.3) is 5.56 Å². The van der Waals surface area contributed by atoms with E-state index in [2.05, 4.69) is 4.98 Å². The van der Waals surface area contributed by atoms with Gasteiger partial charge in [0.2, 0.25) is 0 Å². The second-order valence-corrected chi connectivity index (χ2v) is 8.34. The molecule has 3 aliphatic rings. The monoisotopic (exact) mass is 372 g/mol. The van der Waals surface area contributed by atoms with Crippen LogP contribution < -0.4 is 11.2 Å². The molecule has 25 heavy (non-hydrogen) atoms. The maximum atomic E-state index is 12.8. The van der Waals surface area contributed by atoms with E-state index in [1.54, 1.807) is 0 Å². The second kappa shape index (κ2) is 6.48. The molecule has 0 aromatic carbocycles. The molecule has 138 valence electrons. The average Bonchev–Trinajstić information content (AvgIpc) is 3.16. The molecule has 3 fully saturated rings. The predicted molar refractivity (Wildman–Crippen MR) is 86.2 cm³/mol. The van der Waals surface area contributed by atoms with Crippen LogP contribution >= 0.6 is 7.82 Å². The number of ether oxygens (including phenoxy) is 1. The summed E-state index contributed by atoms with van der Waals surface area (Å²) in [5, 5.41) is 0. The van der Waals surface area contributed by atoms with Gasteiger partial charge in [-0.1, -0.05) is 19.8 Å². The molecule has 1 saturated carbocycles. The van der Waals surface area contributed by atoms with Gasteiger partial charge in [-0.05, 0) is 12.8 Å². The summed E-state index contributed by atoms with van der Waals surface area (Å²) in [7, 11) is -3.63. The highest BCUT2D eigenvalue weighted by Gasteiger charge is 2.52. The molecule has 4 rings (SSSR count). The third-order valence-electron chi connectivity index (χ3n) is 5.00. The van der Waals surface area contributed by atoms with E-state index in [4.69, 9.17) is 18.3 Å². The summed E-state index contributed by atoms with van der Waals surface area (Å²) in [6, 6.07) is 1.25. The summed E-state index contributed by atoms with van der Waals surface area (Å²) < 4.78 is 36.6. The first kappa shape index (κ1) is 17.2. The maximum absolute atomic E-state index is 12.8. The molecular formula is C15H21N2O7P. The van der Waals surface area contributed by atoms with Crippen molar-refractivity contribution in [1.82, 2.24) is 9.55 Å². The minimum atomic E-state index is -3.63. The molecule has 1 aromatic rings. The Morgan fingerprint density at radius 3 is 2.80 bits per heavy atom. The molecule has 2 aliphatic heterocycles. The average molecular weight is 372 g/mol. The number of nitrogens with zero attached hydrogens (tertiary/aromatic N) is 1. The molecule has 0 spiro atoms. The first-order chi connectivity index (χ1) is 12.0. The Labute approximate surface area is 143 Å². The van der Waals surface area contributed by atoms with Crippen LogP contribution in [-0.2, 0) is 22.9 Å². The summed E-state index contributed by atoms with van der Waals surface area (Å²) in [6.07, 6.45) is 3.49. The van der Waals surface area contributed by atoms with Crippen molar-refractivity contribution in [2.24, 2.45) is 5.92 Å². The van der Waals surface area contributed by atoms with Gasteiger partial charge in [-0.3, -0.25) is 27.9 Å². The first-order valence-electron chi connectivity index (χ1n) is 8.53. The molecule has 2 saturated heterocycles. The molecule has 0 amide bonds. The van der Waals surface area contributed by atoms with Crippen LogP contribution in [0.4, 0.5) is 0 Å². The number of hydrogen-bond acceptors (Lipinski definition) is 7. The van der Waals surface area contributed by atoms with Crippen molar-refractivity contribution in [3.63, 3.8) is 0 Å². The molecule has 0 radical (unpaired) electrons. The summed E-state index contributed by atoms with van der Waals surface area (Å²) in [5.74, 6) is -0.266. The lowest BCUT2D eigenvalue weighted by Crippen LogP contribution is -2.37. The van der Waals surface area contributed by atoms with Crippen LogP contribution in [-0.4, -0.2) is 34.5 Å². The molecule has 9 nitrogen and oxygen atoms in total. The van der Waals surface area contributed by atoms with E-state index in [-0.39, 0.29) is 18.6 Å². The van der Waals surface area contributed by atoms with Crippen molar-refractivity contribution in [2.45, 2.75) is 57.1 Å². The molecule has 1 aromatic heterocycles. The number of aromatic nitrogens is 2. The van der Waals surface area contributed by atoms with Gasteiger partial charge in [0, 0.05) is 18.2 Å². The zero-order chi connectivity index (χ0) is 17.6. The Kier molecular flexibility index (Phi) is 4.45. The quantitative estimate of drug-likeness (QED) is 0.802. The van der Waals surface area contributed by atoms with E-state index < -0.39 is 37.5 Å². The Balaban J connectivity index is 1.52. The summed E-state index contributed by atoms with van der Waals surface area (Å²) in [5.41, 5.74) is -1.03. The summed E-state index contributed by atoms with van der Waals surface area (Å²) >= 11 is 0. The zero-order valence-electron chi connectivity index (χ0n) is 13.8. The van der Waals surface area contributed by atoms with Gasteiger partial charge in [0.05, 0.1) is 12.7 Å². The third kappa shape index (κ3) is 3.27. The first-order valence-corrected chi connectivity index (χ1v) is 9.99. The van der Waals surface area contributed by atoms with Gasteiger partial charge in [-0.15, -0.1) is 0 Å². The Morgan fingerprint density at radius 1 is 1.32 bits per heavy atom. The van der Waals surface area contributed by atoms with Crippen LogP contribution in [0.5, 0.6) is 0 Å². The lowest BCUT2D eigenvalue weighted by atomic mass is 10.0. The van der Waals surface area contributed by atoms with E-state index in [1.165, 1.54) is 16.8 Å². The SMILES string of the molecule is CC1C2OP(=O)(OC3CCCC3)OCC2OC1n1ccc(=O)[nH]c1=O. The van der Waals surface area contributed by atoms with Crippen molar-refractivity contribution < 1.29 is 22.9 Å². The maximum Gasteiger partial charge on any atom is 0.475 e. The summed E-state index contributed by atoms with van der Waals surface area (Å²) in [4.78, 5) is 25.4. The van der Waals surface area contributed by atoms with Crippen LogP contribution in [0.3, 0.4) is 0 Å². The number of phosphoric ester groups is 1. The Morgan fingerprint density at radius 2 is 2.08 bits per heavy atom. The minimum Gasteiger partial charge on any atom is -0.349 e. The van der Waals surface area contributed by atoms with Crippen molar-refractivity contribution in [3.8, 4) is 0 Å². The molecule has 5 atom stereocenters. The lowest BCUT2D eigenvalue weighted by Gasteiger charge is -2.32. The number of phosphoric acid groups is 1. The van der Waals surface area contributed by atoms with E-state index in [9.17, 15) is 14.2 Å². The normalized spacial score (nSPS) is 38.8. The third-order valence-corrected chi connectivity index (χ3v) is 6.53. The minimum absolute atomic E-state index is 0.0770. The number of fused-ring (bicyclic) bond motifs is 1. The number of H-pyrrole nitrogens is 1. The predicted octanol–water partition coefficient (Wildman–Crippen LogP) is 1.55. The van der Waals surface area contributed by atoms with Crippen molar-refractivity contribution in [2.75, 3.05) is 6.61 Å².